The van der Waals surface area contributed by atoms with Crippen molar-refractivity contribution in [1.82, 2.24) is 4.90 Å². The number of benzene rings is 1. The van der Waals surface area contributed by atoms with Gasteiger partial charge in [-0.05, 0) is 6.07 Å². The molecule has 17 heavy (non-hydrogen) atoms. The van der Waals surface area contributed by atoms with Gasteiger partial charge in [-0.25, -0.2) is 8.42 Å². The van der Waals surface area contributed by atoms with E-state index in [1.165, 1.54) is 6.07 Å². The van der Waals surface area contributed by atoms with Crippen LogP contribution in [-0.2, 0) is 9.84 Å². The lowest BCUT2D eigenvalue weighted by Crippen LogP contribution is -2.20. The third-order valence-electron chi connectivity index (χ3n) is 2.67. The van der Waals surface area contributed by atoms with E-state index in [0.717, 1.165) is 0 Å². The Bertz CT molecular complexity index is 580. The van der Waals surface area contributed by atoms with Crippen LogP contribution in [0.5, 0.6) is 0 Å². The molecular formula is C11H12ClNO3S. The van der Waals surface area contributed by atoms with Gasteiger partial charge in [0.2, 0.25) is 9.84 Å². The zero-order valence-electron chi connectivity index (χ0n) is 9.22. The number of fused-ring (bicyclic) bond motifs is 1. The number of likely N-dealkylation sites (N-methyl/N-ethyl adjacent to an activating group) is 1. The van der Waals surface area contributed by atoms with E-state index in [4.69, 9.17) is 16.7 Å². The summed E-state index contributed by atoms with van der Waals surface area (Å²) in [6.07, 6.45) is 0. The molecule has 1 N–H and O–H groups in total. The van der Waals surface area contributed by atoms with E-state index >= 15 is 0 Å². The summed E-state index contributed by atoms with van der Waals surface area (Å²) >= 11 is 5.93. The quantitative estimate of drug-likeness (QED) is 0.901. The van der Waals surface area contributed by atoms with Crippen LogP contribution in [0.1, 0.15) is 5.56 Å². The van der Waals surface area contributed by atoms with E-state index in [-0.39, 0.29) is 15.9 Å². The number of nitrogens with zero attached hydrogens (tertiary/aromatic N) is 1. The molecule has 0 atom stereocenters. The van der Waals surface area contributed by atoms with Crippen LogP contribution in [0, 0.1) is 0 Å². The monoisotopic (exact) mass is 273 g/mol. The van der Waals surface area contributed by atoms with Gasteiger partial charge in [-0.3, -0.25) is 0 Å². The zero-order chi connectivity index (χ0) is 12.6. The lowest BCUT2D eigenvalue weighted by Gasteiger charge is -2.19. The normalized spacial score (nSPS) is 17.1. The first-order valence-corrected chi connectivity index (χ1v) is 6.92. The first kappa shape index (κ1) is 12.4. The highest BCUT2D eigenvalue weighted by atomic mass is 35.5. The number of hydrogen-bond donors (Lipinski definition) is 1. The molecule has 0 saturated carbocycles. The fraction of sp³-hybridized carbons (Fsp3) is 0.273. The molecule has 6 heteroatoms. The van der Waals surface area contributed by atoms with Gasteiger partial charge in [-0.2, -0.15) is 0 Å². The molecule has 2 rings (SSSR count). The fourth-order valence-corrected chi connectivity index (χ4v) is 3.76. The van der Waals surface area contributed by atoms with Gasteiger partial charge in [0.05, 0.1) is 17.2 Å². The second-order valence-electron chi connectivity index (χ2n) is 3.77. The van der Waals surface area contributed by atoms with E-state index in [2.05, 4.69) is 0 Å². The Balaban J connectivity index is 2.63. The van der Waals surface area contributed by atoms with Gasteiger partial charge in [0.1, 0.15) is 0 Å². The summed E-state index contributed by atoms with van der Waals surface area (Å²) in [5, 5.41) is 8.90. The van der Waals surface area contributed by atoms with Crippen LogP contribution >= 0.6 is 11.6 Å². The van der Waals surface area contributed by atoms with Crippen LogP contribution in [0.4, 0.5) is 0 Å². The molecule has 0 fully saturated rings. The Morgan fingerprint density at radius 3 is 2.65 bits per heavy atom. The maximum atomic E-state index is 12.0. The van der Waals surface area contributed by atoms with Gasteiger partial charge < -0.3 is 10.0 Å². The first-order valence-electron chi connectivity index (χ1n) is 5.06. The molecule has 4 nitrogen and oxygen atoms in total. The minimum absolute atomic E-state index is 0.0631. The Hall–Kier alpha value is -1.04. The average Bonchev–Trinajstić information content (AvgIpc) is 2.49. The van der Waals surface area contributed by atoms with Crippen molar-refractivity contribution in [2.75, 3.05) is 20.2 Å². The van der Waals surface area contributed by atoms with Crippen LogP contribution < -0.4 is 0 Å². The Morgan fingerprint density at radius 1 is 1.35 bits per heavy atom. The van der Waals surface area contributed by atoms with E-state index < -0.39 is 9.84 Å². The zero-order valence-corrected chi connectivity index (χ0v) is 10.8. The summed E-state index contributed by atoms with van der Waals surface area (Å²) in [4.78, 5) is 1.87. The summed E-state index contributed by atoms with van der Waals surface area (Å²) in [6, 6.07) is 6.67. The van der Waals surface area contributed by atoms with Crippen molar-refractivity contribution in [1.29, 1.82) is 0 Å². The molecule has 92 valence electrons. The van der Waals surface area contributed by atoms with Crippen molar-refractivity contribution in [3.8, 4) is 0 Å². The van der Waals surface area contributed by atoms with E-state index in [0.29, 0.717) is 17.8 Å². The molecule has 1 aliphatic rings. The summed E-state index contributed by atoms with van der Waals surface area (Å²) in [5.74, 6) is 0. The molecule has 1 aromatic carbocycles. The second kappa shape index (κ2) is 4.33. The molecular weight excluding hydrogens is 262 g/mol. The van der Waals surface area contributed by atoms with Gasteiger partial charge in [-0.1, -0.05) is 29.8 Å². The number of hydrogen-bond acceptors (Lipinski definition) is 4. The molecule has 1 heterocycles. The van der Waals surface area contributed by atoms with Crippen molar-refractivity contribution in [2.24, 2.45) is 0 Å². The minimum Gasteiger partial charge on any atom is -0.395 e. The molecule has 0 amide bonds. The van der Waals surface area contributed by atoms with Crippen molar-refractivity contribution in [3.63, 3.8) is 0 Å². The SMILES string of the molecule is CN(CCO)C1=C(Cl)S(=O)(=O)c2ccccc21. The van der Waals surface area contributed by atoms with Gasteiger partial charge in [0.25, 0.3) is 0 Å². The van der Waals surface area contributed by atoms with Crippen LogP contribution in [0.15, 0.2) is 33.5 Å². The summed E-state index contributed by atoms with van der Waals surface area (Å²) in [6.45, 7) is 0.266. The number of rotatable bonds is 3. The summed E-state index contributed by atoms with van der Waals surface area (Å²) in [5.41, 5.74) is 1.05. The molecule has 1 aliphatic heterocycles. The largest absolute Gasteiger partial charge is 0.395 e. The molecule has 0 bridgehead atoms. The topological polar surface area (TPSA) is 57.6 Å². The van der Waals surface area contributed by atoms with Crippen LogP contribution in [0.3, 0.4) is 0 Å². The van der Waals surface area contributed by atoms with Gasteiger partial charge in [-0.15, -0.1) is 0 Å². The summed E-state index contributed by atoms with van der Waals surface area (Å²) in [7, 11) is -1.88. The first-order chi connectivity index (χ1) is 8.00. The molecule has 0 aliphatic carbocycles. The Morgan fingerprint density at radius 2 is 2.00 bits per heavy atom. The Labute approximate surface area is 105 Å². The van der Waals surface area contributed by atoms with Gasteiger partial charge in [0.15, 0.2) is 4.36 Å². The fourth-order valence-electron chi connectivity index (χ4n) is 1.84. The average molecular weight is 274 g/mol. The third kappa shape index (κ3) is 1.84. The van der Waals surface area contributed by atoms with Crippen molar-refractivity contribution >= 4 is 27.1 Å². The van der Waals surface area contributed by atoms with Gasteiger partial charge in [0, 0.05) is 19.2 Å². The van der Waals surface area contributed by atoms with Crippen LogP contribution in [0.25, 0.3) is 5.70 Å². The number of aliphatic hydroxyl groups is 1. The molecule has 0 radical (unpaired) electrons. The molecule has 0 unspecified atom stereocenters. The van der Waals surface area contributed by atoms with Gasteiger partial charge >= 0.3 is 0 Å². The Kier molecular flexibility index (Phi) is 3.16. The summed E-state index contributed by atoms with van der Waals surface area (Å²) < 4.78 is 23.9. The highest BCUT2D eigenvalue weighted by Gasteiger charge is 2.35. The second-order valence-corrected chi connectivity index (χ2v) is 6.22. The number of sulfone groups is 1. The van der Waals surface area contributed by atoms with Crippen LogP contribution in [0.2, 0.25) is 0 Å². The lowest BCUT2D eigenvalue weighted by molar-refractivity contribution is 0.259. The van der Waals surface area contributed by atoms with Crippen molar-refractivity contribution in [2.45, 2.75) is 4.90 Å². The number of aliphatic hydroxyl groups excluding tert-OH is 1. The third-order valence-corrected chi connectivity index (χ3v) is 5.06. The number of halogens is 1. The molecule has 1 aromatic rings. The standard InChI is InChI=1S/C11H12ClNO3S/c1-13(6-7-14)10-8-4-2-3-5-9(8)17(15,16)11(10)12/h2-5,14H,6-7H2,1H3. The minimum atomic E-state index is -3.58. The highest BCUT2D eigenvalue weighted by Crippen LogP contribution is 2.41. The predicted octanol–water partition coefficient (Wildman–Crippen LogP) is 1.26. The lowest BCUT2D eigenvalue weighted by atomic mass is 10.1. The predicted molar refractivity (Wildman–Crippen MR) is 66.1 cm³/mol. The molecule has 0 aromatic heterocycles. The van der Waals surface area contributed by atoms with Crippen molar-refractivity contribution in [3.05, 3.63) is 34.2 Å². The maximum absolute atomic E-state index is 12.0. The molecule has 0 spiro atoms. The van der Waals surface area contributed by atoms with E-state index in [9.17, 15) is 8.42 Å². The molecule has 0 saturated heterocycles. The van der Waals surface area contributed by atoms with E-state index in [1.54, 1.807) is 30.1 Å². The maximum Gasteiger partial charge on any atom is 0.220 e. The van der Waals surface area contributed by atoms with Crippen LogP contribution in [-0.4, -0.2) is 38.6 Å². The van der Waals surface area contributed by atoms with Crippen molar-refractivity contribution < 1.29 is 13.5 Å². The smallest absolute Gasteiger partial charge is 0.220 e. The highest BCUT2D eigenvalue weighted by molar-refractivity contribution is 7.97. The van der Waals surface area contributed by atoms with E-state index in [1.807, 2.05) is 0 Å².